The highest BCUT2D eigenvalue weighted by Gasteiger charge is 2.29. The van der Waals surface area contributed by atoms with Crippen LogP contribution in [0.15, 0.2) is 21.5 Å². The van der Waals surface area contributed by atoms with Crippen LogP contribution < -0.4 is 10.2 Å². The Balaban J connectivity index is 3.04. The second kappa shape index (κ2) is 5.17. The first kappa shape index (κ1) is 13.5. The van der Waals surface area contributed by atoms with Crippen molar-refractivity contribution < 1.29 is 13.9 Å². The molecule has 4 nitrogen and oxygen atoms in total. The lowest BCUT2D eigenvalue weighted by molar-refractivity contribution is -0.144. The van der Waals surface area contributed by atoms with E-state index < -0.39 is 11.4 Å². The van der Waals surface area contributed by atoms with E-state index in [0.29, 0.717) is 18.6 Å². The summed E-state index contributed by atoms with van der Waals surface area (Å²) in [6.45, 7) is 7.30. The number of rotatable bonds is 4. The normalized spacial score (nSPS) is 11.3. The van der Waals surface area contributed by atoms with Crippen LogP contribution in [0.1, 0.15) is 39.9 Å². The summed E-state index contributed by atoms with van der Waals surface area (Å²) < 4.78 is 10.3. The molecule has 0 amide bonds. The van der Waals surface area contributed by atoms with E-state index in [-0.39, 0.29) is 11.2 Å². The lowest BCUT2D eigenvalue weighted by Crippen LogP contribution is -2.30. The van der Waals surface area contributed by atoms with Crippen molar-refractivity contribution in [3.63, 3.8) is 0 Å². The van der Waals surface area contributed by atoms with Crippen molar-refractivity contribution in [2.24, 2.45) is 5.41 Å². The van der Waals surface area contributed by atoms with Gasteiger partial charge in [0.05, 0.1) is 11.7 Å². The molecule has 94 valence electrons. The fraction of sp³-hybridized carbons (Fsp3) is 0.538. The zero-order valence-electron chi connectivity index (χ0n) is 10.7. The molecule has 1 aromatic rings. The highest BCUT2D eigenvalue weighted by Crippen LogP contribution is 2.23. The van der Waals surface area contributed by atoms with E-state index >= 15 is 0 Å². The van der Waals surface area contributed by atoms with Gasteiger partial charge in [-0.2, -0.15) is 0 Å². The molecule has 1 heterocycles. The summed E-state index contributed by atoms with van der Waals surface area (Å²) in [4.78, 5) is 23.5. The van der Waals surface area contributed by atoms with Crippen molar-refractivity contribution in [2.45, 2.75) is 40.5 Å². The number of ether oxygens (including phenoxy) is 1. The van der Waals surface area contributed by atoms with Crippen LogP contribution in [0.25, 0.3) is 0 Å². The number of esters is 1. The molecule has 0 saturated carbocycles. The lowest BCUT2D eigenvalue weighted by Gasteiger charge is -2.20. The van der Waals surface area contributed by atoms with Crippen LogP contribution in [0.2, 0.25) is 0 Å². The molecular weight excluding hydrogens is 220 g/mol. The molecule has 0 bridgehead atoms. The molecule has 1 aromatic heterocycles. The highest BCUT2D eigenvalue weighted by molar-refractivity contribution is 5.78. The van der Waals surface area contributed by atoms with Gasteiger partial charge in [0.2, 0.25) is 11.2 Å². The third-order valence-electron chi connectivity index (χ3n) is 2.86. The molecule has 0 saturated heterocycles. The van der Waals surface area contributed by atoms with Crippen LogP contribution >= 0.6 is 0 Å². The predicted molar refractivity (Wildman–Crippen MR) is 64.1 cm³/mol. The predicted octanol–water partition coefficient (Wildman–Crippen LogP) is 2.54. The molecule has 0 aliphatic rings. The summed E-state index contributed by atoms with van der Waals surface area (Å²) in [6, 6.07) is 1.25. The molecule has 0 N–H and O–H groups in total. The first-order valence-corrected chi connectivity index (χ1v) is 5.75. The van der Waals surface area contributed by atoms with Gasteiger partial charge in [0.25, 0.3) is 0 Å². The van der Waals surface area contributed by atoms with Crippen LogP contribution in [0, 0.1) is 5.41 Å². The van der Waals surface area contributed by atoms with E-state index in [9.17, 15) is 9.59 Å². The molecule has 0 radical (unpaired) electrons. The highest BCUT2D eigenvalue weighted by atomic mass is 16.5. The van der Waals surface area contributed by atoms with Crippen LogP contribution in [-0.4, -0.2) is 5.97 Å². The maximum absolute atomic E-state index is 11.9. The fourth-order valence-corrected chi connectivity index (χ4v) is 1.17. The van der Waals surface area contributed by atoms with Gasteiger partial charge in [0.15, 0.2) is 0 Å². The van der Waals surface area contributed by atoms with Gasteiger partial charge in [-0.1, -0.05) is 13.8 Å². The van der Waals surface area contributed by atoms with Gasteiger partial charge in [0.1, 0.15) is 5.76 Å². The number of carbonyl (C=O) groups excluding carboxylic acids is 1. The largest absolute Gasteiger partial charge is 0.465 e. The van der Waals surface area contributed by atoms with Crippen LogP contribution in [0.5, 0.6) is 5.75 Å². The van der Waals surface area contributed by atoms with Crippen molar-refractivity contribution in [3.05, 3.63) is 28.3 Å². The van der Waals surface area contributed by atoms with Crippen molar-refractivity contribution in [1.29, 1.82) is 0 Å². The van der Waals surface area contributed by atoms with E-state index in [0.717, 1.165) is 0 Å². The molecular formula is C13H18O4. The molecule has 0 aromatic carbocycles. The Morgan fingerprint density at radius 1 is 1.41 bits per heavy atom. The molecule has 0 unspecified atom stereocenters. The van der Waals surface area contributed by atoms with E-state index in [1.165, 1.54) is 12.3 Å². The average molecular weight is 238 g/mol. The molecule has 0 fully saturated rings. The molecule has 0 spiro atoms. The average Bonchev–Trinajstić information content (AvgIpc) is 2.31. The zero-order valence-corrected chi connectivity index (χ0v) is 10.7. The number of aryl methyl sites for hydroxylation is 1. The quantitative estimate of drug-likeness (QED) is 0.756. The van der Waals surface area contributed by atoms with Gasteiger partial charge in [0, 0.05) is 12.5 Å². The van der Waals surface area contributed by atoms with Crippen molar-refractivity contribution in [1.82, 2.24) is 0 Å². The second-order valence-corrected chi connectivity index (χ2v) is 4.52. The van der Waals surface area contributed by atoms with Gasteiger partial charge in [-0.15, -0.1) is 0 Å². The SMILES string of the molecule is CCc1occc(=O)c1OC(=O)C(C)(C)CC. The monoisotopic (exact) mass is 238 g/mol. The minimum absolute atomic E-state index is 0.0153. The Kier molecular flexibility index (Phi) is 4.10. The second-order valence-electron chi connectivity index (χ2n) is 4.52. The lowest BCUT2D eigenvalue weighted by atomic mass is 9.91. The Morgan fingerprint density at radius 3 is 2.59 bits per heavy atom. The van der Waals surface area contributed by atoms with E-state index in [2.05, 4.69) is 0 Å². The van der Waals surface area contributed by atoms with E-state index in [1.54, 1.807) is 13.8 Å². The maximum Gasteiger partial charge on any atom is 0.317 e. The third kappa shape index (κ3) is 2.96. The molecule has 4 heteroatoms. The molecule has 0 aliphatic carbocycles. The molecule has 1 rings (SSSR count). The van der Waals surface area contributed by atoms with Gasteiger partial charge in [-0.05, 0) is 20.3 Å². The Morgan fingerprint density at radius 2 is 2.06 bits per heavy atom. The van der Waals surface area contributed by atoms with E-state index in [4.69, 9.17) is 9.15 Å². The Bertz CT molecular complexity index is 457. The Labute approximate surface area is 101 Å². The summed E-state index contributed by atoms with van der Waals surface area (Å²) in [5.41, 5.74) is -0.929. The van der Waals surface area contributed by atoms with Crippen molar-refractivity contribution in [2.75, 3.05) is 0 Å². The van der Waals surface area contributed by atoms with Gasteiger partial charge < -0.3 is 9.15 Å². The first-order chi connectivity index (χ1) is 7.92. The van der Waals surface area contributed by atoms with Gasteiger partial charge >= 0.3 is 5.97 Å². The number of carbonyl (C=O) groups is 1. The molecule has 0 aliphatic heterocycles. The Hall–Kier alpha value is -1.58. The van der Waals surface area contributed by atoms with Crippen LogP contribution in [0.4, 0.5) is 0 Å². The minimum Gasteiger partial charge on any atom is -0.465 e. The fourth-order valence-electron chi connectivity index (χ4n) is 1.17. The maximum atomic E-state index is 11.9. The summed E-state index contributed by atoms with van der Waals surface area (Å²) >= 11 is 0. The van der Waals surface area contributed by atoms with Gasteiger partial charge in [-0.25, -0.2) is 0 Å². The topological polar surface area (TPSA) is 56.5 Å². The number of hydrogen-bond acceptors (Lipinski definition) is 4. The summed E-state index contributed by atoms with van der Waals surface area (Å²) in [5, 5.41) is 0. The van der Waals surface area contributed by atoms with Crippen LogP contribution in [0.3, 0.4) is 0 Å². The van der Waals surface area contributed by atoms with Gasteiger partial charge in [-0.3, -0.25) is 9.59 Å². The van der Waals surface area contributed by atoms with E-state index in [1.807, 2.05) is 13.8 Å². The molecule has 17 heavy (non-hydrogen) atoms. The standard InChI is InChI=1S/C13H18O4/c1-5-10-11(9(14)7-8-16-10)17-12(15)13(3,4)6-2/h7-8H,5-6H2,1-4H3. The van der Waals surface area contributed by atoms with Crippen LogP contribution in [-0.2, 0) is 11.2 Å². The van der Waals surface area contributed by atoms with Crippen molar-refractivity contribution >= 4 is 5.97 Å². The summed E-state index contributed by atoms with van der Waals surface area (Å²) in [5.74, 6) is 0.00692. The molecule has 0 atom stereocenters. The summed E-state index contributed by atoms with van der Waals surface area (Å²) in [6.07, 6.45) is 2.46. The van der Waals surface area contributed by atoms with Crippen molar-refractivity contribution in [3.8, 4) is 5.75 Å². The zero-order chi connectivity index (χ0) is 13.1. The third-order valence-corrected chi connectivity index (χ3v) is 2.86. The minimum atomic E-state index is -0.604. The number of hydrogen-bond donors (Lipinski definition) is 0. The first-order valence-electron chi connectivity index (χ1n) is 5.75. The summed E-state index contributed by atoms with van der Waals surface area (Å²) in [7, 11) is 0. The smallest absolute Gasteiger partial charge is 0.317 e.